The van der Waals surface area contributed by atoms with Crippen molar-refractivity contribution in [1.82, 2.24) is 28.9 Å². The van der Waals surface area contributed by atoms with Gasteiger partial charge in [-0.1, -0.05) is 5.57 Å². The quantitative estimate of drug-likeness (QED) is 0.213. The lowest BCUT2D eigenvalue weighted by Crippen LogP contribution is -2.51. The van der Waals surface area contributed by atoms with Gasteiger partial charge in [0.15, 0.2) is 10.8 Å². The topological polar surface area (TPSA) is 103 Å². The Hall–Kier alpha value is -4.17. The van der Waals surface area contributed by atoms with Gasteiger partial charge < -0.3 is 0 Å². The zero-order valence-corrected chi connectivity index (χ0v) is 23.7. The number of ketones is 1. The largest absolute Gasteiger partial charge is 0.291 e. The van der Waals surface area contributed by atoms with Crippen molar-refractivity contribution in [2.24, 2.45) is 12.5 Å². The van der Waals surface area contributed by atoms with Crippen LogP contribution in [0.15, 0.2) is 71.7 Å². The second-order valence-electron chi connectivity index (χ2n) is 10.8. The summed E-state index contributed by atoms with van der Waals surface area (Å²) in [5.41, 5.74) is 0.932. The second-order valence-corrected chi connectivity index (χ2v) is 12.6. The van der Waals surface area contributed by atoms with E-state index in [1.54, 1.807) is 29.1 Å². The molecule has 4 aromatic rings. The van der Waals surface area contributed by atoms with Crippen molar-refractivity contribution in [3.8, 4) is 5.69 Å². The highest BCUT2D eigenvalue weighted by Gasteiger charge is 2.52. The number of halogens is 4. The number of nitrogens with zero attached hydrogens (tertiary/aromatic N) is 6. The maximum absolute atomic E-state index is 14.3. The Bertz CT molecular complexity index is 1840. The van der Waals surface area contributed by atoms with Gasteiger partial charge in [0.2, 0.25) is 0 Å². The third-order valence-electron chi connectivity index (χ3n) is 8.08. The van der Waals surface area contributed by atoms with E-state index in [1.165, 1.54) is 42.3 Å². The van der Waals surface area contributed by atoms with Crippen molar-refractivity contribution >= 4 is 21.9 Å². The van der Waals surface area contributed by atoms with E-state index in [-0.39, 0.29) is 36.4 Å². The lowest BCUT2D eigenvalue weighted by atomic mass is 9.60. The van der Waals surface area contributed by atoms with Crippen LogP contribution in [0, 0.1) is 17.0 Å². The lowest BCUT2D eigenvalue weighted by molar-refractivity contribution is 0.0656. The van der Waals surface area contributed by atoms with Crippen LogP contribution in [0.5, 0.6) is 0 Å². The molecular weight excluding hydrogens is 588 g/mol. The Morgan fingerprint density at radius 1 is 1.14 bits per heavy atom. The molecule has 14 heteroatoms. The van der Waals surface area contributed by atoms with Gasteiger partial charge in [0.1, 0.15) is 17.3 Å². The molecule has 0 amide bonds. The first-order chi connectivity index (χ1) is 20.5. The van der Waals surface area contributed by atoms with Gasteiger partial charge in [-0.05, 0) is 73.7 Å². The predicted molar refractivity (Wildman–Crippen MR) is 147 cm³/mol. The molecule has 2 aliphatic rings. The molecule has 0 radical (unpaired) electrons. The number of hydrogen-bond acceptors (Lipinski definition) is 6. The van der Waals surface area contributed by atoms with E-state index in [0.717, 1.165) is 16.4 Å². The number of pyridine rings is 1. The number of Topliss-reactive ketones (excluding diaryl/α,β-unsaturated/α-hetero) is 1. The summed E-state index contributed by atoms with van der Waals surface area (Å²) >= 11 is 0. The number of fused-ring (bicyclic) bond motifs is 2. The van der Waals surface area contributed by atoms with E-state index in [9.17, 15) is 30.8 Å². The van der Waals surface area contributed by atoms with Crippen LogP contribution in [0.2, 0.25) is 0 Å². The summed E-state index contributed by atoms with van der Waals surface area (Å²) < 4.78 is 86.4. The first-order valence-corrected chi connectivity index (χ1v) is 14.9. The molecule has 0 N–H and O–H groups in total. The molecule has 224 valence electrons. The smallest absolute Gasteiger partial charge is 0.262 e. The van der Waals surface area contributed by atoms with Gasteiger partial charge in [-0.3, -0.25) is 14.5 Å². The molecule has 0 spiro atoms. The number of hydrogen-bond donors (Lipinski definition) is 0. The van der Waals surface area contributed by atoms with E-state index in [1.807, 2.05) is 0 Å². The summed E-state index contributed by atoms with van der Waals surface area (Å²) in [5, 5.41) is 8.02. The summed E-state index contributed by atoms with van der Waals surface area (Å²) in [5.74, 6) is -1.64. The molecule has 0 unspecified atom stereocenters. The van der Waals surface area contributed by atoms with Crippen LogP contribution >= 0.6 is 0 Å². The molecular formula is C29H26F4N6O3S. The van der Waals surface area contributed by atoms with Gasteiger partial charge in [-0.25, -0.2) is 30.7 Å². The third-order valence-corrected chi connectivity index (χ3v) is 9.89. The zero-order valence-electron chi connectivity index (χ0n) is 22.9. The van der Waals surface area contributed by atoms with Crippen molar-refractivity contribution in [1.29, 1.82) is 0 Å². The predicted octanol–water partition coefficient (Wildman–Crippen LogP) is 4.60. The molecule has 0 aliphatic heterocycles. The first kappa shape index (κ1) is 28.9. The Morgan fingerprint density at radius 3 is 2.58 bits per heavy atom. The van der Waals surface area contributed by atoms with Crippen LogP contribution in [-0.4, -0.2) is 62.1 Å². The summed E-state index contributed by atoms with van der Waals surface area (Å²) in [7, 11) is -2.95. The monoisotopic (exact) mass is 614 g/mol. The van der Waals surface area contributed by atoms with Gasteiger partial charge in [0.05, 0.1) is 29.5 Å². The van der Waals surface area contributed by atoms with Crippen LogP contribution in [0.1, 0.15) is 41.0 Å². The van der Waals surface area contributed by atoms with Crippen molar-refractivity contribution < 1.29 is 30.8 Å². The van der Waals surface area contributed by atoms with Gasteiger partial charge in [0.25, 0.3) is 16.4 Å². The van der Waals surface area contributed by atoms with Crippen molar-refractivity contribution in [3.05, 3.63) is 95.2 Å². The number of benzene rings is 1. The van der Waals surface area contributed by atoms with Crippen molar-refractivity contribution in [2.45, 2.75) is 43.2 Å². The molecule has 3 heterocycles. The number of aryl methyl sites for hydroxylation is 1. The summed E-state index contributed by atoms with van der Waals surface area (Å²) in [4.78, 5) is 18.4. The Balaban J connectivity index is 1.45. The van der Waals surface area contributed by atoms with Crippen LogP contribution in [-0.2, 0) is 23.5 Å². The molecule has 1 aromatic carbocycles. The minimum atomic E-state index is -4.46. The molecule has 2 aliphatic carbocycles. The number of carbonyl (C=O) groups excluding carboxylic acids is 1. The minimum absolute atomic E-state index is 0.0506. The lowest BCUT2D eigenvalue weighted by Gasteiger charge is -2.46. The van der Waals surface area contributed by atoms with E-state index in [4.69, 9.17) is 0 Å². The van der Waals surface area contributed by atoms with E-state index in [0.29, 0.717) is 22.5 Å². The molecule has 2 atom stereocenters. The van der Waals surface area contributed by atoms with Crippen LogP contribution in [0.3, 0.4) is 0 Å². The van der Waals surface area contributed by atoms with Gasteiger partial charge in [-0.2, -0.15) is 14.5 Å². The Morgan fingerprint density at radius 2 is 1.91 bits per heavy atom. The molecule has 1 fully saturated rings. The van der Waals surface area contributed by atoms with Gasteiger partial charge in [-0.15, -0.1) is 0 Å². The fourth-order valence-corrected chi connectivity index (χ4v) is 7.71. The highest BCUT2D eigenvalue weighted by Crippen LogP contribution is 2.51. The van der Waals surface area contributed by atoms with E-state index in [2.05, 4.69) is 15.2 Å². The number of carbonyl (C=O) groups is 1. The maximum Gasteiger partial charge on any atom is 0.262 e. The summed E-state index contributed by atoms with van der Waals surface area (Å²) in [6, 6.07) is 8.07. The number of aromatic nitrogens is 5. The average molecular weight is 615 g/mol. The molecule has 3 aromatic heterocycles. The highest BCUT2D eigenvalue weighted by atomic mass is 32.2. The number of rotatable bonds is 8. The van der Waals surface area contributed by atoms with Crippen molar-refractivity contribution in [2.75, 3.05) is 6.54 Å². The molecule has 0 bridgehead atoms. The Kier molecular flexibility index (Phi) is 7.29. The van der Waals surface area contributed by atoms with E-state index < -0.39 is 51.9 Å². The first-order valence-electron chi connectivity index (χ1n) is 13.5. The summed E-state index contributed by atoms with van der Waals surface area (Å²) in [6.07, 6.45) is 3.17. The number of allylic oxidation sites excluding steroid dienone is 1. The van der Waals surface area contributed by atoms with Crippen LogP contribution < -0.4 is 0 Å². The number of sulfonamides is 1. The summed E-state index contributed by atoms with van der Waals surface area (Å²) in [6.45, 7) is -1.08. The minimum Gasteiger partial charge on any atom is -0.291 e. The SMILES string of the molecule is Cn1ccc(S(=O)(=O)N(CC(F)F)[C@H]2CCC3=Cc4c(cnn4-c4ccc(F)cc4)C[C@]3(C(=O)c3cc(F)ccn3)C2)n1. The van der Waals surface area contributed by atoms with Crippen LogP contribution in [0.4, 0.5) is 17.6 Å². The van der Waals surface area contributed by atoms with Crippen LogP contribution in [0.25, 0.3) is 11.8 Å². The zero-order chi connectivity index (χ0) is 30.5. The standard InChI is InChI=1S/C29H26F4N6O3S/c1-37-11-9-27(36-37)43(41,42)38(17-26(32)33)23-5-2-19-12-25-18(16-35-39(25)22-6-3-20(30)4-7-22)14-29(19,15-23)28(40)24-13-21(31)8-10-34-24/h3-4,6-13,16,23,26H,2,5,14-15,17H2,1H3/t23-,29-/m0/s1. The number of alkyl halides is 2. The molecule has 1 saturated carbocycles. The van der Waals surface area contributed by atoms with Gasteiger partial charge in [0, 0.05) is 31.5 Å². The Labute approximate surface area is 244 Å². The maximum atomic E-state index is 14.3. The molecule has 0 saturated heterocycles. The van der Waals surface area contributed by atoms with Gasteiger partial charge >= 0.3 is 0 Å². The highest BCUT2D eigenvalue weighted by molar-refractivity contribution is 7.89. The molecule has 9 nitrogen and oxygen atoms in total. The van der Waals surface area contributed by atoms with E-state index >= 15 is 0 Å². The van der Waals surface area contributed by atoms with Crippen molar-refractivity contribution in [3.63, 3.8) is 0 Å². The normalized spacial score (nSPS) is 20.2. The molecule has 6 rings (SSSR count). The molecule has 43 heavy (non-hydrogen) atoms. The third kappa shape index (κ3) is 5.18. The second kappa shape index (κ2) is 10.8. The fourth-order valence-electron chi connectivity index (χ4n) is 6.12. The fraction of sp³-hybridized carbons (Fsp3) is 0.310. The average Bonchev–Trinajstić information content (AvgIpc) is 3.60.